The van der Waals surface area contributed by atoms with Crippen molar-refractivity contribution in [3.05, 3.63) is 30.1 Å². The summed E-state index contributed by atoms with van der Waals surface area (Å²) >= 11 is 0. The summed E-state index contributed by atoms with van der Waals surface area (Å²) in [5.41, 5.74) is 1.13. The molecule has 20 heavy (non-hydrogen) atoms. The molecule has 1 heterocycles. The Balaban J connectivity index is 2.61. The first-order chi connectivity index (χ1) is 9.52. The quantitative estimate of drug-likeness (QED) is 0.549. The second kappa shape index (κ2) is 8.27. The Morgan fingerprint density at radius 1 is 1.45 bits per heavy atom. The van der Waals surface area contributed by atoms with Crippen LogP contribution >= 0.6 is 0 Å². The van der Waals surface area contributed by atoms with E-state index in [-0.39, 0.29) is 5.91 Å². The maximum Gasteiger partial charge on any atom is 0.270 e. The highest BCUT2D eigenvalue weighted by molar-refractivity contribution is 5.92. The Morgan fingerprint density at radius 3 is 2.85 bits per heavy atom. The highest BCUT2D eigenvalue weighted by Crippen LogP contribution is 2.05. The molecule has 1 aromatic rings. The molecule has 0 aromatic carbocycles. The molecule has 0 aliphatic carbocycles. The summed E-state index contributed by atoms with van der Waals surface area (Å²) in [7, 11) is 4.07. The molecule has 2 N–H and O–H groups in total. The third-order valence-corrected chi connectivity index (χ3v) is 2.56. The van der Waals surface area contributed by atoms with Crippen LogP contribution in [0.15, 0.2) is 18.7 Å². The molecule has 0 saturated carbocycles. The van der Waals surface area contributed by atoms with Gasteiger partial charge in [0, 0.05) is 18.8 Å². The number of hydrogen-bond acceptors (Lipinski definition) is 5. The lowest BCUT2D eigenvalue weighted by Crippen LogP contribution is -2.25. The Bertz CT molecular complexity index is 459. The van der Waals surface area contributed by atoms with Gasteiger partial charge in [-0.15, -0.1) is 6.58 Å². The molecule has 0 atom stereocenters. The van der Waals surface area contributed by atoms with Crippen LogP contribution in [-0.4, -0.2) is 54.5 Å². The average Bonchev–Trinajstić information content (AvgIpc) is 2.40. The summed E-state index contributed by atoms with van der Waals surface area (Å²) < 4.78 is 0. The summed E-state index contributed by atoms with van der Waals surface area (Å²) in [5, 5.41) is 5.85. The Morgan fingerprint density at radius 2 is 2.20 bits per heavy atom. The van der Waals surface area contributed by atoms with E-state index in [1.54, 1.807) is 12.1 Å². The number of aryl methyl sites for hydroxylation is 1. The van der Waals surface area contributed by atoms with E-state index in [0.29, 0.717) is 18.2 Å². The lowest BCUT2D eigenvalue weighted by molar-refractivity contribution is 0.0953. The maximum absolute atomic E-state index is 11.8. The largest absolute Gasteiger partial charge is 0.354 e. The molecule has 6 nitrogen and oxygen atoms in total. The highest BCUT2D eigenvalue weighted by Gasteiger charge is 2.09. The van der Waals surface area contributed by atoms with Gasteiger partial charge < -0.3 is 15.5 Å². The molecule has 0 saturated heterocycles. The number of hydrogen-bond donors (Lipinski definition) is 2. The zero-order valence-corrected chi connectivity index (χ0v) is 12.4. The van der Waals surface area contributed by atoms with E-state index in [9.17, 15) is 4.79 Å². The Hall–Kier alpha value is -1.95. The number of aromatic nitrogens is 2. The van der Waals surface area contributed by atoms with Crippen LogP contribution in [0.4, 0.5) is 5.95 Å². The molecule has 6 heteroatoms. The van der Waals surface area contributed by atoms with Crippen LogP contribution < -0.4 is 10.6 Å². The third-order valence-electron chi connectivity index (χ3n) is 2.56. The second-order valence-electron chi connectivity index (χ2n) is 4.80. The molecular weight excluding hydrogens is 254 g/mol. The van der Waals surface area contributed by atoms with Crippen LogP contribution in [0, 0.1) is 6.92 Å². The number of anilines is 1. The molecule has 110 valence electrons. The monoisotopic (exact) mass is 277 g/mol. The second-order valence-corrected chi connectivity index (χ2v) is 4.80. The molecule has 0 fully saturated rings. The van der Waals surface area contributed by atoms with Crippen molar-refractivity contribution in [1.29, 1.82) is 0 Å². The lowest BCUT2D eigenvalue weighted by Gasteiger charge is -2.10. The van der Waals surface area contributed by atoms with Gasteiger partial charge in [-0.25, -0.2) is 9.97 Å². The van der Waals surface area contributed by atoms with Gasteiger partial charge in [0.2, 0.25) is 5.95 Å². The molecule has 1 amide bonds. The molecule has 0 radical (unpaired) electrons. The molecular formula is C14H23N5O. The minimum Gasteiger partial charge on any atom is -0.354 e. The number of amides is 1. The molecule has 0 spiro atoms. The van der Waals surface area contributed by atoms with Crippen molar-refractivity contribution < 1.29 is 4.79 Å². The van der Waals surface area contributed by atoms with Crippen LogP contribution in [0.25, 0.3) is 0 Å². The minimum absolute atomic E-state index is 0.216. The van der Waals surface area contributed by atoms with Crippen molar-refractivity contribution in [2.45, 2.75) is 13.3 Å². The summed E-state index contributed by atoms with van der Waals surface area (Å²) in [5.74, 6) is 0.277. The van der Waals surface area contributed by atoms with Crippen molar-refractivity contribution in [1.82, 2.24) is 20.2 Å². The Kier molecular flexibility index (Phi) is 6.66. The molecule has 1 aromatic heterocycles. The van der Waals surface area contributed by atoms with Crippen LogP contribution in [0.3, 0.4) is 0 Å². The third kappa shape index (κ3) is 5.79. The number of nitrogens with zero attached hydrogens (tertiary/aromatic N) is 3. The van der Waals surface area contributed by atoms with Crippen LogP contribution in [0.2, 0.25) is 0 Å². The van der Waals surface area contributed by atoms with Gasteiger partial charge >= 0.3 is 0 Å². The predicted molar refractivity (Wildman–Crippen MR) is 81.0 cm³/mol. The lowest BCUT2D eigenvalue weighted by atomic mass is 10.3. The van der Waals surface area contributed by atoms with Gasteiger partial charge in [-0.3, -0.25) is 4.79 Å². The summed E-state index contributed by atoms with van der Waals surface area (Å²) in [6.07, 6.45) is 2.62. The predicted octanol–water partition coefficient (Wildman–Crippen LogP) is 1.06. The van der Waals surface area contributed by atoms with Crippen molar-refractivity contribution >= 4 is 11.9 Å². The zero-order chi connectivity index (χ0) is 15.0. The summed E-state index contributed by atoms with van der Waals surface area (Å²) in [6, 6.07) is 1.67. The molecule has 0 unspecified atom stereocenters. The first-order valence-electron chi connectivity index (χ1n) is 6.66. The van der Waals surface area contributed by atoms with Gasteiger partial charge in [0.15, 0.2) is 0 Å². The van der Waals surface area contributed by atoms with E-state index in [1.165, 1.54) is 0 Å². The van der Waals surface area contributed by atoms with Gasteiger partial charge in [-0.05, 0) is 40.1 Å². The standard InChI is InChI=1S/C14H23N5O/c1-5-7-15-13(20)12-10-11(2)17-14(18-12)16-8-6-9-19(3)4/h5,10H,1,6-9H2,2-4H3,(H,15,20)(H,16,17,18). The van der Waals surface area contributed by atoms with E-state index in [0.717, 1.165) is 25.2 Å². The average molecular weight is 277 g/mol. The van der Waals surface area contributed by atoms with Crippen molar-refractivity contribution in [2.24, 2.45) is 0 Å². The van der Waals surface area contributed by atoms with Gasteiger partial charge in [-0.2, -0.15) is 0 Å². The van der Waals surface area contributed by atoms with Gasteiger partial charge in [0.05, 0.1) is 0 Å². The number of nitrogens with one attached hydrogen (secondary N) is 2. The number of rotatable bonds is 8. The smallest absolute Gasteiger partial charge is 0.270 e. The van der Waals surface area contributed by atoms with Gasteiger partial charge in [0.1, 0.15) is 5.69 Å². The fraction of sp³-hybridized carbons (Fsp3) is 0.500. The molecule has 1 rings (SSSR count). The summed E-state index contributed by atoms with van der Waals surface area (Å²) in [6.45, 7) is 7.59. The fourth-order valence-electron chi connectivity index (χ4n) is 1.61. The highest BCUT2D eigenvalue weighted by atomic mass is 16.1. The van der Waals surface area contributed by atoms with Crippen molar-refractivity contribution in [3.63, 3.8) is 0 Å². The first-order valence-corrected chi connectivity index (χ1v) is 6.66. The van der Waals surface area contributed by atoms with Crippen molar-refractivity contribution in [2.75, 3.05) is 39.0 Å². The molecule has 0 bridgehead atoms. The van der Waals surface area contributed by atoms with Crippen LogP contribution in [0.1, 0.15) is 22.6 Å². The summed E-state index contributed by atoms with van der Waals surface area (Å²) in [4.78, 5) is 22.5. The Labute approximate surface area is 120 Å². The first kappa shape index (κ1) is 16.1. The van der Waals surface area contributed by atoms with E-state index in [4.69, 9.17) is 0 Å². The number of carbonyl (C=O) groups excluding carboxylic acids is 1. The zero-order valence-electron chi connectivity index (χ0n) is 12.4. The topological polar surface area (TPSA) is 70.2 Å². The van der Waals surface area contributed by atoms with Gasteiger partial charge in [0.25, 0.3) is 5.91 Å². The molecule has 0 aliphatic heterocycles. The molecule has 0 aliphatic rings. The van der Waals surface area contributed by atoms with E-state index >= 15 is 0 Å². The fourth-order valence-corrected chi connectivity index (χ4v) is 1.61. The minimum atomic E-state index is -0.216. The SMILES string of the molecule is C=CCNC(=O)c1cc(C)nc(NCCCN(C)C)n1. The normalized spacial score (nSPS) is 10.4. The number of carbonyl (C=O) groups is 1. The van der Waals surface area contributed by atoms with Crippen molar-refractivity contribution in [3.8, 4) is 0 Å². The van der Waals surface area contributed by atoms with E-state index < -0.39 is 0 Å². The van der Waals surface area contributed by atoms with E-state index in [2.05, 4.69) is 32.1 Å². The van der Waals surface area contributed by atoms with Crippen LogP contribution in [0.5, 0.6) is 0 Å². The van der Waals surface area contributed by atoms with Crippen LogP contribution in [-0.2, 0) is 0 Å². The van der Waals surface area contributed by atoms with Gasteiger partial charge in [-0.1, -0.05) is 6.08 Å². The maximum atomic E-state index is 11.8. The van der Waals surface area contributed by atoms with E-state index in [1.807, 2.05) is 21.0 Å².